The van der Waals surface area contributed by atoms with Gasteiger partial charge in [-0.1, -0.05) is 48.3 Å². The Morgan fingerprint density at radius 2 is 1.73 bits per heavy atom. The Balaban J connectivity index is 2.13. The van der Waals surface area contributed by atoms with Crippen molar-refractivity contribution in [2.75, 3.05) is 6.54 Å². The number of nitrogens with zero attached hydrogens (tertiary/aromatic N) is 3. The van der Waals surface area contributed by atoms with Gasteiger partial charge in [0.05, 0.1) is 21.3 Å². The molecule has 0 saturated heterocycles. The minimum Gasteiger partial charge on any atom is -0.269 e. The highest BCUT2D eigenvalue weighted by atomic mass is 35.5. The number of para-hydroxylation sites is 1. The van der Waals surface area contributed by atoms with Gasteiger partial charge in [0, 0.05) is 11.9 Å². The lowest BCUT2D eigenvalue weighted by Gasteiger charge is -2.08. The van der Waals surface area contributed by atoms with Crippen LogP contribution in [0.5, 0.6) is 0 Å². The second kappa shape index (κ2) is 8.25. The molecular weight excluding hydrogens is 475 g/mol. The smallest absolute Gasteiger partial charge is 0.269 e. The lowest BCUT2D eigenvalue weighted by atomic mass is 10.2. The zero-order valence-corrected chi connectivity index (χ0v) is 18.8. The van der Waals surface area contributed by atoms with Crippen LogP contribution in [0.4, 0.5) is 11.4 Å². The van der Waals surface area contributed by atoms with Gasteiger partial charge in [0.2, 0.25) is 10.0 Å². The number of benzene rings is 2. The predicted molar refractivity (Wildman–Crippen MR) is 115 cm³/mol. The fourth-order valence-electron chi connectivity index (χ4n) is 2.92. The number of hydrogen-bond donors (Lipinski definition) is 2. The van der Waals surface area contributed by atoms with Gasteiger partial charge < -0.3 is 0 Å². The maximum atomic E-state index is 12.2. The van der Waals surface area contributed by atoms with E-state index in [9.17, 15) is 21.4 Å². The van der Waals surface area contributed by atoms with Crippen molar-refractivity contribution >= 4 is 65.8 Å². The molecule has 0 unspecified atom stereocenters. The molecule has 1 aromatic heterocycles. The van der Waals surface area contributed by atoms with Crippen LogP contribution in [-0.4, -0.2) is 31.9 Å². The van der Waals surface area contributed by atoms with E-state index in [-0.39, 0.29) is 44.1 Å². The van der Waals surface area contributed by atoms with Gasteiger partial charge in [-0.05, 0) is 25.1 Å². The van der Waals surface area contributed by atoms with Gasteiger partial charge in [0.25, 0.3) is 0 Å². The van der Waals surface area contributed by atoms with E-state index in [4.69, 9.17) is 23.2 Å². The molecular formula is C17H16Cl2N4O5S2. The fraction of sp³-hybridized carbons (Fsp3) is 0.176. The summed E-state index contributed by atoms with van der Waals surface area (Å²) in [6, 6.07) is 8.84. The number of sulfonamides is 1. The Bertz CT molecular complexity index is 1380. The van der Waals surface area contributed by atoms with Crippen LogP contribution in [0.15, 0.2) is 51.5 Å². The molecule has 0 aliphatic rings. The largest absolute Gasteiger partial charge is 0.364 e. The molecule has 0 amide bonds. The van der Waals surface area contributed by atoms with E-state index in [1.165, 1.54) is 19.1 Å². The molecule has 30 heavy (non-hydrogen) atoms. The van der Waals surface area contributed by atoms with E-state index in [2.05, 4.69) is 15.0 Å². The van der Waals surface area contributed by atoms with E-state index in [1.807, 2.05) is 0 Å². The summed E-state index contributed by atoms with van der Waals surface area (Å²) in [5.41, 5.74) is 0.638. The number of fused-ring (bicyclic) bond motifs is 1. The molecule has 0 atom stereocenters. The molecule has 0 radical (unpaired) electrons. The van der Waals surface area contributed by atoms with Crippen molar-refractivity contribution in [1.82, 2.24) is 8.69 Å². The monoisotopic (exact) mass is 490 g/mol. The molecule has 2 aromatic carbocycles. The molecule has 1 heterocycles. The molecule has 0 aliphatic heterocycles. The highest BCUT2D eigenvalue weighted by Gasteiger charge is 2.22. The average Bonchev–Trinajstić information content (AvgIpc) is 2.93. The summed E-state index contributed by atoms with van der Waals surface area (Å²) < 4.78 is 60.6. The third-order valence-electron chi connectivity index (χ3n) is 4.14. The highest BCUT2D eigenvalue weighted by Crippen LogP contribution is 2.38. The summed E-state index contributed by atoms with van der Waals surface area (Å²) in [5, 5.41) is 8.42. The van der Waals surface area contributed by atoms with Crippen LogP contribution >= 0.6 is 23.2 Å². The molecule has 0 fully saturated rings. The maximum Gasteiger partial charge on any atom is 0.364 e. The summed E-state index contributed by atoms with van der Waals surface area (Å²) in [6.07, 6.45) is 0. The molecule has 0 bridgehead atoms. The normalized spacial score (nSPS) is 12.8. The summed E-state index contributed by atoms with van der Waals surface area (Å²) in [6.45, 7) is 3.26. The average molecular weight is 491 g/mol. The Morgan fingerprint density at radius 1 is 1.07 bits per heavy atom. The lowest BCUT2D eigenvalue weighted by molar-refractivity contribution is 0.473. The van der Waals surface area contributed by atoms with Crippen molar-refractivity contribution in [1.29, 1.82) is 0 Å². The molecule has 0 aliphatic carbocycles. The van der Waals surface area contributed by atoms with Crippen molar-refractivity contribution in [3.63, 3.8) is 0 Å². The van der Waals surface area contributed by atoms with Gasteiger partial charge >= 0.3 is 10.3 Å². The molecule has 3 aromatic rings. The molecule has 0 spiro atoms. The fourth-order valence-corrected chi connectivity index (χ4v) is 5.61. The van der Waals surface area contributed by atoms with Crippen LogP contribution in [-0.2, 0) is 20.3 Å². The summed E-state index contributed by atoms with van der Waals surface area (Å²) in [7, 11) is -8.40. The Labute approximate surface area is 183 Å². The zero-order chi connectivity index (χ0) is 22.3. The van der Waals surface area contributed by atoms with Gasteiger partial charge in [-0.3, -0.25) is 4.55 Å². The summed E-state index contributed by atoms with van der Waals surface area (Å²) >= 11 is 12.3. The molecule has 0 saturated carbocycles. The van der Waals surface area contributed by atoms with Gasteiger partial charge in [0.15, 0.2) is 0 Å². The third kappa shape index (κ3) is 4.22. The first-order chi connectivity index (χ1) is 14.0. The second-order valence-electron chi connectivity index (χ2n) is 6.13. The summed E-state index contributed by atoms with van der Waals surface area (Å²) in [4.78, 5) is -0.200. The van der Waals surface area contributed by atoms with Crippen molar-refractivity contribution in [2.24, 2.45) is 10.2 Å². The van der Waals surface area contributed by atoms with E-state index in [0.29, 0.717) is 5.39 Å². The van der Waals surface area contributed by atoms with Gasteiger partial charge in [-0.15, -0.1) is 10.2 Å². The first-order valence-corrected chi connectivity index (χ1v) is 12.1. The van der Waals surface area contributed by atoms with Crippen LogP contribution in [0.3, 0.4) is 0 Å². The molecule has 3 rings (SSSR count). The quantitative estimate of drug-likeness (QED) is 0.384. The Hall–Kier alpha value is -2.02. The van der Waals surface area contributed by atoms with Gasteiger partial charge in [-0.25, -0.2) is 17.1 Å². The van der Waals surface area contributed by atoms with Gasteiger partial charge in [-0.2, -0.15) is 8.42 Å². The molecule has 9 nitrogen and oxygen atoms in total. The number of nitrogens with one attached hydrogen (secondary N) is 1. The lowest BCUT2D eigenvalue weighted by Crippen LogP contribution is -2.23. The van der Waals surface area contributed by atoms with Crippen LogP contribution in [0, 0.1) is 6.92 Å². The van der Waals surface area contributed by atoms with Crippen LogP contribution < -0.4 is 4.72 Å². The number of halogens is 2. The van der Waals surface area contributed by atoms with Crippen LogP contribution in [0.25, 0.3) is 10.9 Å². The number of hydrogen-bond acceptors (Lipinski definition) is 6. The topological polar surface area (TPSA) is 130 Å². The minimum atomic E-state index is -4.57. The predicted octanol–water partition coefficient (Wildman–Crippen LogP) is 4.62. The maximum absolute atomic E-state index is 12.2. The van der Waals surface area contributed by atoms with Crippen molar-refractivity contribution < 1.29 is 21.4 Å². The van der Waals surface area contributed by atoms with E-state index >= 15 is 0 Å². The molecule has 13 heteroatoms. The van der Waals surface area contributed by atoms with Crippen molar-refractivity contribution in [2.45, 2.75) is 18.7 Å². The number of aromatic nitrogens is 1. The third-order valence-corrected chi connectivity index (χ3v) is 7.38. The SMILES string of the molecule is CCNS(=O)(=O)c1cc(Cl)c(N=Nc2c(C)n(S(=O)(=O)O)c3ccccc23)cc1Cl. The van der Waals surface area contributed by atoms with Gasteiger partial charge in [0.1, 0.15) is 16.3 Å². The minimum absolute atomic E-state index is 0.0178. The summed E-state index contributed by atoms with van der Waals surface area (Å²) in [5.74, 6) is 0. The van der Waals surface area contributed by atoms with E-state index < -0.39 is 20.3 Å². The van der Waals surface area contributed by atoms with E-state index in [0.717, 1.165) is 10.0 Å². The molecule has 160 valence electrons. The molecule has 2 N–H and O–H groups in total. The van der Waals surface area contributed by atoms with Crippen molar-refractivity contribution in [3.05, 3.63) is 52.1 Å². The second-order valence-corrected chi connectivity index (χ2v) is 9.94. The first-order valence-electron chi connectivity index (χ1n) is 8.46. The van der Waals surface area contributed by atoms with Crippen LogP contribution in [0.2, 0.25) is 10.0 Å². The number of azo groups is 1. The Kier molecular flexibility index (Phi) is 6.23. The number of rotatable bonds is 6. The standard InChI is InChI=1S/C17H16Cl2N4O5S2/c1-3-20-29(24,25)16-9-12(18)14(8-13(16)19)21-22-17-10(2)23(30(26,27)28)15-7-5-4-6-11(15)17/h4-9,20H,3H2,1-2H3,(H,26,27,28). The highest BCUT2D eigenvalue weighted by molar-refractivity contribution is 7.89. The Morgan fingerprint density at radius 3 is 2.37 bits per heavy atom. The van der Waals surface area contributed by atoms with E-state index in [1.54, 1.807) is 25.1 Å². The first kappa shape index (κ1) is 22.7. The van der Waals surface area contributed by atoms with Crippen molar-refractivity contribution in [3.8, 4) is 0 Å². The zero-order valence-electron chi connectivity index (χ0n) is 15.7. The van der Waals surface area contributed by atoms with Crippen LogP contribution in [0.1, 0.15) is 12.6 Å².